The van der Waals surface area contributed by atoms with Gasteiger partial charge in [0, 0.05) is 7.11 Å². The molecule has 37 heavy (non-hydrogen) atoms. The molecule has 2 aliphatic heterocycles. The van der Waals surface area contributed by atoms with E-state index in [9.17, 15) is 49.9 Å². The van der Waals surface area contributed by atoms with Gasteiger partial charge in [-0.3, -0.25) is 13.7 Å². The van der Waals surface area contributed by atoms with Crippen molar-refractivity contribution in [1.29, 1.82) is 0 Å². The summed E-state index contributed by atoms with van der Waals surface area (Å²) in [5.74, 6) is -4.75. The number of aliphatic hydroxyl groups excluding tert-OH is 2. The standard InChI is InChI=1S/C15H27NO18S3/c1-5-8(16-36(24,25)26)10(18)11(7(32-5)3-31-37(27,28)29)33-15-6(4-35(21,22)23)9(17)12(30-2)13(34-15)14(19)20/h5-13,15-18H,3-4H2,1-2H3,(H,19,20)(H,21,22,23)(H,24,25,26)(H,27,28,29)/t5-,6?,7?,8?,9+,10+,11-,12+,13?,15-/m1/s1. The average Bonchev–Trinajstić information content (AvgIpc) is 2.71. The third-order valence-corrected chi connectivity index (χ3v) is 7.36. The fraction of sp³-hybridized carbons (Fsp3) is 0.933. The number of nitrogens with one attached hydrogen (secondary N) is 1. The molecule has 0 aromatic heterocycles. The smallest absolute Gasteiger partial charge is 0.397 e. The van der Waals surface area contributed by atoms with E-state index < -0.39 is 110 Å². The maximum absolute atomic E-state index is 11.7. The molecule has 2 rings (SSSR count). The Balaban J connectivity index is 2.49. The third kappa shape index (κ3) is 8.96. The minimum Gasteiger partial charge on any atom is -0.479 e. The normalized spacial score (nSPS) is 37.8. The number of carbonyl (C=O) groups is 1. The molecule has 2 aliphatic rings. The molecular weight excluding hydrogens is 578 g/mol. The zero-order chi connectivity index (χ0) is 28.5. The lowest BCUT2D eigenvalue weighted by atomic mass is 9.90. The van der Waals surface area contributed by atoms with Gasteiger partial charge in [-0.15, -0.1) is 0 Å². The Hall–Kier alpha value is -1.12. The van der Waals surface area contributed by atoms with Gasteiger partial charge in [0.15, 0.2) is 12.4 Å². The van der Waals surface area contributed by atoms with Crippen molar-refractivity contribution < 1.29 is 82.2 Å². The van der Waals surface area contributed by atoms with Crippen molar-refractivity contribution in [2.75, 3.05) is 19.5 Å². The summed E-state index contributed by atoms with van der Waals surface area (Å²) in [6.07, 6.45) is -14.7. The quantitative estimate of drug-likeness (QED) is 0.110. The molecule has 7 N–H and O–H groups in total. The van der Waals surface area contributed by atoms with Gasteiger partial charge in [-0.2, -0.15) is 30.0 Å². The minimum absolute atomic E-state index is 0.979. The van der Waals surface area contributed by atoms with Gasteiger partial charge in [-0.05, 0) is 6.92 Å². The lowest BCUT2D eigenvalue weighted by molar-refractivity contribution is -0.318. The van der Waals surface area contributed by atoms with Gasteiger partial charge in [-0.25, -0.2) is 8.98 Å². The number of ether oxygens (including phenoxy) is 4. The number of methoxy groups -OCH3 is 1. The van der Waals surface area contributed by atoms with Gasteiger partial charge in [0.2, 0.25) is 0 Å². The molecule has 0 amide bonds. The van der Waals surface area contributed by atoms with E-state index >= 15 is 0 Å². The summed E-state index contributed by atoms with van der Waals surface area (Å²) in [6, 6.07) is -1.68. The predicted octanol–water partition coefficient (Wildman–Crippen LogP) is -4.21. The van der Waals surface area contributed by atoms with E-state index in [1.54, 1.807) is 4.72 Å². The molecule has 0 aromatic carbocycles. The van der Waals surface area contributed by atoms with E-state index in [1.165, 1.54) is 6.92 Å². The van der Waals surface area contributed by atoms with Crippen LogP contribution in [-0.2, 0) is 58.7 Å². The Morgan fingerprint density at radius 1 is 0.973 bits per heavy atom. The highest BCUT2D eigenvalue weighted by Gasteiger charge is 2.54. The third-order valence-electron chi connectivity index (χ3n) is 5.55. The van der Waals surface area contributed by atoms with Crippen molar-refractivity contribution in [2.24, 2.45) is 5.92 Å². The van der Waals surface area contributed by atoms with Gasteiger partial charge in [-0.1, -0.05) is 0 Å². The molecule has 0 aromatic rings. The van der Waals surface area contributed by atoms with E-state index in [0.717, 1.165) is 7.11 Å². The number of aliphatic carboxylic acids is 1. The fourth-order valence-corrected chi connectivity index (χ4v) is 5.83. The Kier molecular flexibility index (Phi) is 10.4. The van der Waals surface area contributed by atoms with Crippen LogP contribution in [0.1, 0.15) is 6.92 Å². The van der Waals surface area contributed by atoms with Gasteiger partial charge in [0.25, 0.3) is 10.1 Å². The number of carboxylic acid groups (broad SMARTS) is 1. The summed E-state index contributed by atoms with van der Waals surface area (Å²) in [5.41, 5.74) is 0. The van der Waals surface area contributed by atoms with Crippen LogP contribution in [0.3, 0.4) is 0 Å². The molecule has 10 atom stereocenters. The number of aliphatic hydroxyl groups is 2. The molecule has 2 saturated heterocycles. The zero-order valence-corrected chi connectivity index (χ0v) is 21.4. The van der Waals surface area contributed by atoms with Crippen LogP contribution >= 0.6 is 0 Å². The lowest BCUT2D eigenvalue weighted by Crippen LogP contribution is -2.66. The summed E-state index contributed by atoms with van der Waals surface area (Å²) in [6.45, 7) is 0.124. The van der Waals surface area contributed by atoms with Crippen molar-refractivity contribution in [3.8, 4) is 0 Å². The van der Waals surface area contributed by atoms with E-state index in [2.05, 4.69) is 4.18 Å². The van der Waals surface area contributed by atoms with Crippen LogP contribution in [0, 0.1) is 5.92 Å². The van der Waals surface area contributed by atoms with Crippen LogP contribution in [0.5, 0.6) is 0 Å². The molecule has 2 fully saturated rings. The van der Waals surface area contributed by atoms with Crippen molar-refractivity contribution in [3.05, 3.63) is 0 Å². The van der Waals surface area contributed by atoms with Gasteiger partial charge >= 0.3 is 26.7 Å². The summed E-state index contributed by atoms with van der Waals surface area (Å²) >= 11 is 0. The Labute approximate surface area is 211 Å². The highest BCUT2D eigenvalue weighted by molar-refractivity contribution is 7.85. The molecule has 218 valence electrons. The molecule has 0 aliphatic carbocycles. The second-order valence-electron chi connectivity index (χ2n) is 8.17. The number of rotatable bonds is 11. The predicted molar refractivity (Wildman–Crippen MR) is 114 cm³/mol. The Morgan fingerprint density at radius 3 is 2.03 bits per heavy atom. The van der Waals surface area contributed by atoms with Crippen molar-refractivity contribution in [2.45, 2.75) is 62.0 Å². The van der Waals surface area contributed by atoms with Crippen LogP contribution < -0.4 is 4.72 Å². The van der Waals surface area contributed by atoms with Gasteiger partial charge in [0.05, 0.1) is 36.5 Å². The molecular formula is C15H27NO18S3. The van der Waals surface area contributed by atoms with Crippen LogP contribution in [0.15, 0.2) is 0 Å². The highest BCUT2D eigenvalue weighted by atomic mass is 32.3. The molecule has 19 nitrogen and oxygen atoms in total. The van der Waals surface area contributed by atoms with Crippen molar-refractivity contribution in [1.82, 2.24) is 4.72 Å². The highest BCUT2D eigenvalue weighted by Crippen LogP contribution is 2.34. The topological polar surface area (TPSA) is 299 Å². The SMILES string of the molecule is CO[C@@H]1C(C(=O)O)O[C@@H](O[C@@H]2C(COS(=O)(=O)O)O[C@H](C)C(NS(=O)(=O)O)[C@@H]2O)C(CS(=O)(=O)O)[C@@H]1O. The monoisotopic (exact) mass is 605 g/mol. The average molecular weight is 606 g/mol. The molecule has 0 saturated carbocycles. The molecule has 0 radical (unpaired) electrons. The first-order valence-corrected chi connectivity index (χ1v) is 14.6. The van der Waals surface area contributed by atoms with Crippen LogP contribution in [0.2, 0.25) is 0 Å². The first-order chi connectivity index (χ1) is 16.7. The summed E-state index contributed by atoms with van der Waals surface area (Å²) in [7, 11) is -13.9. The molecule has 22 heteroatoms. The zero-order valence-electron chi connectivity index (χ0n) is 19.0. The van der Waals surface area contributed by atoms with E-state index in [-0.39, 0.29) is 0 Å². The number of carboxylic acids is 1. The molecule has 2 heterocycles. The summed E-state index contributed by atoms with van der Waals surface area (Å²) in [5, 5.41) is 30.9. The fourth-order valence-electron chi connectivity index (χ4n) is 4.01. The van der Waals surface area contributed by atoms with Crippen LogP contribution in [0.25, 0.3) is 0 Å². The first-order valence-electron chi connectivity index (χ1n) is 10.1. The minimum atomic E-state index is -5.08. The second-order valence-corrected chi connectivity index (χ2v) is 11.9. The molecule has 4 unspecified atom stereocenters. The van der Waals surface area contributed by atoms with E-state index in [4.69, 9.17) is 28.1 Å². The van der Waals surface area contributed by atoms with Crippen LogP contribution in [0.4, 0.5) is 0 Å². The Morgan fingerprint density at radius 2 is 1.57 bits per heavy atom. The Bertz CT molecular complexity index is 1120. The summed E-state index contributed by atoms with van der Waals surface area (Å²) < 4.78 is 122. The maximum atomic E-state index is 11.7. The van der Waals surface area contributed by atoms with Crippen molar-refractivity contribution in [3.63, 3.8) is 0 Å². The summed E-state index contributed by atoms with van der Waals surface area (Å²) in [4.78, 5) is 11.7. The van der Waals surface area contributed by atoms with Crippen molar-refractivity contribution >= 4 is 36.8 Å². The lowest BCUT2D eigenvalue weighted by Gasteiger charge is -2.47. The first kappa shape index (κ1) is 32.1. The van der Waals surface area contributed by atoms with Gasteiger partial charge < -0.3 is 34.3 Å². The van der Waals surface area contributed by atoms with E-state index in [0.29, 0.717) is 0 Å². The largest absolute Gasteiger partial charge is 0.479 e. The second kappa shape index (κ2) is 12.0. The number of hydrogen-bond acceptors (Lipinski definition) is 14. The number of hydrogen-bond donors (Lipinski definition) is 7. The van der Waals surface area contributed by atoms with Gasteiger partial charge in [0.1, 0.15) is 24.4 Å². The van der Waals surface area contributed by atoms with Crippen LogP contribution in [-0.4, -0.2) is 135 Å². The van der Waals surface area contributed by atoms with E-state index in [1.807, 2.05) is 0 Å². The maximum Gasteiger partial charge on any atom is 0.397 e. The molecule has 0 bridgehead atoms. The molecule has 0 spiro atoms.